The monoisotopic (exact) mass is 318 g/mol. The molecule has 0 bridgehead atoms. The predicted molar refractivity (Wildman–Crippen MR) is 98.8 cm³/mol. The van der Waals surface area contributed by atoms with Crippen LogP contribution in [0.2, 0.25) is 0 Å². The second-order valence-electron chi connectivity index (χ2n) is 7.49. The number of benzene rings is 1. The highest BCUT2D eigenvalue weighted by Crippen LogP contribution is 2.35. The largest absolute Gasteiger partial charge is 0.508 e. The zero-order valence-corrected chi connectivity index (χ0v) is 14.4. The van der Waals surface area contributed by atoms with E-state index in [4.69, 9.17) is 0 Å². The third kappa shape index (κ3) is 2.32. The number of allylic oxidation sites excluding steroid dienone is 1. The topological polar surface area (TPSA) is 38.0 Å². The maximum atomic E-state index is 9.99. The number of phenols is 1. The summed E-state index contributed by atoms with van der Waals surface area (Å²) in [4.78, 5) is 4.63. The minimum absolute atomic E-state index is 0.0681. The lowest BCUT2D eigenvalue weighted by Crippen LogP contribution is -2.12. The van der Waals surface area contributed by atoms with Crippen LogP contribution in [0.15, 0.2) is 42.6 Å². The first kappa shape index (κ1) is 15.0. The number of hydrogen-bond donors (Lipinski definition) is 1. The van der Waals surface area contributed by atoms with Crippen molar-refractivity contribution in [2.24, 2.45) is 0 Å². The summed E-state index contributed by atoms with van der Waals surface area (Å²) in [5.41, 5.74) is 4.86. The van der Waals surface area contributed by atoms with Gasteiger partial charge in [-0.05, 0) is 59.7 Å². The molecule has 24 heavy (non-hydrogen) atoms. The molecule has 3 nitrogen and oxygen atoms in total. The standard InChI is InChI=1S/C21H22N2O/c1-21(2,3)14-10-11-22-20(12-14)23-18-7-5-4-6-16(18)17-9-8-15(24)13-19(17)23/h5,7-13,24H,4,6H2,1-3H3. The molecule has 0 radical (unpaired) electrons. The summed E-state index contributed by atoms with van der Waals surface area (Å²) in [6.07, 6.45) is 8.36. The van der Waals surface area contributed by atoms with Crippen LogP contribution in [0.5, 0.6) is 5.75 Å². The van der Waals surface area contributed by atoms with Crippen LogP contribution in [-0.4, -0.2) is 14.7 Å². The van der Waals surface area contributed by atoms with Crippen LogP contribution >= 0.6 is 0 Å². The van der Waals surface area contributed by atoms with Crippen molar-refractivity contribution in [3.05, 3.63) is 59.4 Å². The molecule has 0 saturated carbocycles. The molecule has 0 saturated heterocycles. The number of pyridine rings is 1. The van der Waals surface area contributed by atoms with Gasteiger partial charge in [-0.25, -0.2) is 4.98 Å². The van der Waals surface area contributed by atoms with Crippen molar-refractivity contribution >= 4 is 17.0 Å². The Morgan fingerprint density at radius 3 is 2.75 bits per heavy atom. The SMILES string of the molecule is CC(C)(C)c1ccnc(-n2c3c(c4ccc(O)cc42)CCC=C3)c1. The number of aryl methyl sites for hydroxylation is 1. The molecule has 0 spiro atoms. The minimum atomic E-state index is 0.0681. The van der Waals surface area contributed by atoms with Crippen LogP contribution < -0.4 is 0 Å². The lowest BCUT2D eigenvalue weighted by Gasteiger charge is -2.20. The molecule has 1 aliphatic rings. The maximum Gasteiger partial charge on any atom is 0.137 e. The number of phenolic OH excluding ortho intramolecular Hbond substituents is 1. The van der Waals surface area contributed by atoms with E-state index < -0.39 is 0 Å². The van der Waals surface area contributed by atoms with Gasteiger partial charge in [0.1, 0.15) is 11.6 Å². The van der Waals surface area contributed by atoms with Gasteiger partial charge in [-0.15, -0.1) is 0 Å². The second kappa shape index (κ2) is 5.23. The van der Waals surface area contributed by atoms with E-state index in [1.807, 2.05) is 18.3 Å². The molecule has 3 aromatic rings. The summed E-state index contributed by atoms with van der Waals surface area (Å²) >= 11 is 0. The van der Waals surface area contributed by atoms with E-state index >= 15 is 0 Å². The van der Waals surface area contributed by atoms with Gasteiger partial charge in [0.25, 0.3) is 0 Å². The first-order chi connectivity index (χ1) is 11.4. The zero-order chi connectivity index (χ0) is 16.9. The highest BCUT2D eigenvalue weighted by molar-refractivity contribution is 5.91. The third-order valence-electron chi connectivity index (χ3n) is 4.77. The molecule has 0 fully saturated rings. The lowest BCUT2D eigenvalue weighted by atomic mass is 9.88. The van der Waals surface area contributed by atoms with Crippen LogP contribution in [0.25, 0.3) is 22.8 Å². The number of aromatic hydroxyl groups is 1. The predicted octanol–water partition coefficient (Wildman–Crippen LogP) is 4.99. The highest BCUT2D eigenvalue weighted by Gasteiger charge is 2.21. The van der Waals surface area contributed by atoms with E-state index in [1.54, 1.807) is 6.07 Å². The molecule has 2 aromatic heterocycles. The molecule has 0 amide bonds. The van der Waals surface area contributed by atoms with Crippen LogP contribution in [0, 0.1) is 0 Å². The van der Waals surface area contributed by atoms with Crippen molar-refractivity contribution in [2.45, 2.75) is 39.0 Å². The molecule has 1 aromatic carbocycles. The van der Waals surface area contributed by atoms with E-state index in [0.29, 0.717) is 0 Å². The van der Waals surface area contributed by atoms with Crippen molar-refractivity contribution in [2.75, 3.05) is 0 Å². The quantitative estimate of drug-likeness (QED) is 0.686. The molecule has 3 heteroatoms. The van der Waals surface area contributed by atoms with Crippen molar-refractivity contribution in [1.29, 1.82) is 0 Å². The summed E-state index contributed by atoms with van der Waals surface area (Å²) in [5.74, 6) is 1.19. The van der Waals surface area contributed by atoms with E-state index in [-0.39, 0.29) is 11.2 Å². The van der Waals surface area contributed by atoms with E-state index in [0.717, 1.165) is 24.2 Å². The molecule has 1 aliphatic carbocycles. The van der Waals surface area contributed by atoms with Crippen LogP contribution in [-0.2, 0) is 11.8 Å². The molecule has 122 valence electrons. The molecule has 0 aliphatic heterocycles. The fraction of sp³-hybridized carbons (Fsp3) is 0.286. The molecule has 1 N–H and O–H groups in total. The fourth-order valence-corrected chi connectivity index (χ4v) is 3.48. The van der Waals surface area contributed by atoms with Crippen molar-refractivity contribution < 1.29 is 5.11 Å². The van der Waals surface area contributed by atoms with Gasteiger partial charge in [0.15, 0.2) is 0 Å². The fourth-order valence-electron chi connectivity index (χ4n) is 3.48. The van der Waals surface area contributed by atoms with E-state index in [1.165, 1.54) is 22.2 Å². The average molecular weight is 318 g/mol. The number of nitrogens with zero attached hydrogens (tertiary/aromatic N) is 2. The van der Waals surface area contributed by atoms with Crippen molar-refractivity contribution in [1.82, 2.24) is 9.55 Å². The molecular formula is C21H22N2O. The Morgan fingerprint density at radius 2 is 1.96 bits per heavy atom. The zero-order valence-electron chi connectivity index (χ0n) is 14.4. The minimum Gasteiger partial charge on any atom is -0.508 e. The van der Waals surface area contributed by atoms with Crippen LogP contribution in [0.1, 0.15) is 44.0 Å². The molecule has 2 heterocycles. The van der Waals surface area contributed by atoms with Crippen LogP contribution in [0.4, 0.5) is 0 Å². The summed E-state index contributed by atoms with van der Waals surface area (Å²) in [6.45, 7) is 6.63. The number of aromatic nitrogens is 2. The maximum absolute atomic E-state index is 9.99. The summed E-state index contributed by atoms with van der Waals surface area (Å²) in [6, 6.07) is 9.87. The van der Waals surface area contributed by atoms with E-state index in [9.17, 15) is 5.11 Å². The molecule has 0 unspecified atom stereocenters. The second-order valence-corrected chi connectivity index (χ2v) is 7.49. The molecule has 4 rings (SSSR count). The number of fused-ring (bicyclic) bond motifs is 3. The summed E-state index contributed by atoms with van der Waals surface area (Å²) in [5, 5.41) is 11.2. The summed E-state index contributed by atoms with van der Waals surface area (Å²) < 4.78 is 2.18. The Kier molecular flexibility index (Phi) is 3.27. The Labute approximate surface area is 142 Å². The first-order valence-corrected chi connectivity index (χ1v) is 8.45. The Morgan fingerprint density at radius 1 is 1.12 bits per heavy atom. The highest BCUT2D eigenvalue weighted by atomic mass is 16.3. The Hall–Kier alpha value is -2.55. The molecular weight excluding hydrogens is 296 g/mol. The Bertz CT molecular complexity index is 958. The molecule has 0 atom stereocenters. The summed E-state index contributed by atoms with van der Waals surface area (Å²) in [7, 11) is 0. The van der Waals surface area contributed by atoms with Gasteiger partial charge < -0.3 is 5.11 Å². The van der Waals surface area contributed by atoms with Gasteiger partial charge in [0.05, 0.1) is 11.2 Å². The average Bonchev–Trinajstić information content (AvgIpc) is 2.87. The smallest absolute Gasteiger partial charge is 0.137 e. The van der Waals surface area contributed by atoms with E-state index in [2.05, 4.69) is 54.6 Å². The van der Waals surface area contributed by atoms with Gasteiger partial charge in [-0.3, -0.25) is 4.57 Å². The third-order valence-corrected chi connectivity index (χ3v) is 4.77. The number of rotatable bonds is 1. The lowest BCUT2D eigenvalue weighted by molar-refractivity contribution is 0.476. The van der Waals surface area contributed by atoms with Gasteiger partial charge in [0, 0.05) is 17.6 Å². The van der Waals surface area contributed by atoms with Gasteiger partial charge in [0.2, 0.25) is 0 Å². The Balaban J connectivity index is 2.04. The van der Waals surface area contributed by atoms with Crippen molar-refractivity contribution in [3.8, 4) is 11.6 Å². The normalized spacial score (nSPS) is 14.1. The van der Waals surface area contributed by atoms with Crippen LogP contribution in [0.3, 0.4) is 0 Å². The van der Waals surface area contributed by atoms with Crippen molar-refractivity contribution in [3.63, 3.8) is 0 Å². The van der Waals surface area contributed by atoms with Gasteiger partial charge in [-0.1, -0.05) is 26.8 Å². The van der Waals surface area contributed by atoms with Gasteiger partial charge in [-0.2, -0.15) is 0 Å². The first-order valence-electron chi connectivity index (χ1n) is 8.45. The number of hydrogen-bond acceptors (Lipinski definition) is 2. The van der Waals surface area contributed by atoms with Gasteiger partial charge >= 0.3 is 0 Å².